The summed E-state index contributed by atoms with van der Waals surface area (Å²) in [4.78, 5) is 22.5. The van der Waals surface area contributed by atoms with Crippen LogP contribution in [0, 0.1) is 6.92 Å². The fourth-order valence-corrected chi connectivity index (χ4v) is 3.65. The van der Waals surface area contributed by atoms with Crippen LogP contribution < -0.4 is 10.1 Å². The first kappa shape index (κ1) is 17.2. The van der Waals surface area contributed by atoms with E-state index in [1.54, 1.807) is 24.1 Å². The highest BCUT2D eigenvalue weighted by Crippen LogP contribution is 2.31. The van der Waals surface area contributed by atoms with E-state index < -0.39 is 0 Å². The van der Waals surface area contributed by atoms with E-state index in [4.69, 9.17) is 4.74 Å². The van der Waals surface area contributed by atoms with Crippen molar-refractivity contribution in [2.24, 2.45) is 7.05 Å². The Morgan fingerprint density at radius 1 is 1.30 bits per heavy atom. The van der Waals surface area contributed by atoms with E-state index in [2.05, 4.69) is 20.4 Å². The van der Waals surface area contributed by atoms with Crippen LogP contribution in [0.4, 0.5) is 5.69 Å². The minimum absolute atomic E-state index is 0.272. The van der Waals surface area contributed by atoms with Gasteiger partial charge >= 0.3 is 0 Å². The molecule has 0 saturated heterocycles. The SMILES string of the molecule is COc1nn(C)cc1C(=O)Nc1cc(-c2nc3cccnc3s2)ccc1C. The van der Waals surface area contributed by atoms with Crippen LogP contribution in [0.2, 0.25) is 0 Å². The molecule has 1 aromatic carbocycles. The van der Waals surface area contributed by atoms with Crippen LogP contribution in [0.1, 0.15) is 15.9 Å². The number of hydrogen-bond donors (Lipinski definition) is 1. The van der Waals surface area contributed by atoms with Gasteiger partial charge in [0.25, 0.3) is 5.91 Å². The summed E-state index contributed by atoms with van der Waals surface area (Å²) in [5.41, 5.74) is 3.85. The van der Waals surface area contributed by atoms with Crippen LogP contribution >= 0.6 is 11.3 Å². The molecule has 7 nitrogen and oxygen atoms in total. The molecule has 0 radical (unpaired) electrons. The molecule has 0 fully saturated rings. The molecule has 1 amide bonds. The molecule has 3 heterocycles. The Bertz CT molecular complexity index is 1120. The highest BCUT2D eigenvalue weighted by molar-refractivity contribution is 7.21. The number of carbonyl (C=O) groups is 1. The van der Waals surface area contributed by atoms with Gasteiger partial charge in [0.2, 0.25) is 5.88 Å². The molecule has 0 aliphatic heterocycles. The van der Waals surface area contributed by atoms with Gasteiger partial charge in [-0.3, -0.25) is 9.48 Å². The van der Waals surface area contributed by atoms with Crippen LogP contribution in [-0.4, -0.2) is 32.8 Å². The van der Waals surface area contributed by atoms with Gasteiger partial charge < -0.3 is 10.1 Å². The Labute approximate surface area is 159 Å². The Morgan fingerprint density at radius 3 is 2.93 bits per heavy atom. The lowest BCUT2D eigenvalue weighted by Crippen LogP contribution is -2.13. The van der Waals surface area contributed by atoms with Crippen LogP contribution in [0.15, 0.2) is 42.7 Å². The number of hydrogen-bond acceptors (Lipinski definition) is 6. The summed E-state index contributed by atoms with van der Waals surface area (Å²) < 4.78 is 6.72. The van der Waals surface area contributed by atoms with E-state index in [0.29, 0.717) is 11.4 Å². The minimum atomic E-state index is -0.272. The number of benzene rings is 1. The van der Waals surface area contributed by atoms with Crippen molar-refractivity contribution >= 4 is 33.3 Å². The zero-order valence-electron chi connectivity index (χ0n) is 15.1. The second kappa shape index (κ2) is 6.81. The first-order valence-corrected chi connectivity index (χ1v) is 9.08. The molecular formula is C19H17N5O2S. The molecule has 4 aromatic rings. The number of pyridine rings is 1. The van der Waals surface area contributed by atoms with E-state index >= 15 is 0 Å². The maximum atomic E-state index is 12.7. The fourth-order valence-electron chi connectivity index (χ4n) is 2.75. The smallest absolute Gasteiger partial charge is 0.262 e. The maximum absolute atomic E-state index is 12.7. The number of carbonyl (C=O) groups excluding carboxylic acids is 1. The quantitative estimate of drug-likeness (QED) is 0.585. The van der Waals surface area contributed by atoms with Gasteiger partial charge in [0, 0.05) is 30.7 Å². The van der Waals surface area contributed by atoms with Crippen molar-refractivity contribution in [1.29, 1.82) is 0 Å². The first-order chi connectivity index (χ1) is 13.0. The Kier molecular flexibility index (Phi) is 4.33. The molecule has 0 atom stereocenters. The minimum Gasteiger partial charge on any atom is -0.479 e. The molecular weight excluding hydrogens is 362 g/mol. The van der Waals surface area contributed by atoms with E-state index in [9.17, 15) is 4.79 Å². The molecule has 3 aromatic heterocycles. The van der Waals surface area contributed by atoms with Gasteiger partial charge in [-0.1, -0.05) is 23.5 Å². The summed E-state index contributed by atoms with van der Waals surface area (Å²) in [6.45, 7) is 1.94. The van der Waals surface area contributed by atoms with Crippen molar-refractivity contribution in [3.8, 4) is 16.5 Å². The van der Waals surface area contributed by atoms with Gasteiger partial charge in [-0.25, -0.2) is 9.97 Å². The Morgan fingerprint density at radius 2 is 2.15 bits per heavy atom. The van der Waals surface area contributed by atoms with Gasteiger partial charge in [0.15, 0.2) is 0 Å². The summed E-state index contributed by atoms with van der Waals surface area (Å²) in [7, 11) is 3.23. The van der Waals surface area contributed by atoms with Gasteiger partial charge in [-0.05, 0) is 30.7 Å². The number of amides is 1. The second-order valence-electron chi connectivity index (χ2n) is 6.06. The molecule has 27 heavy (non-hydrogen) atoms. The number of fused-ring (bicyclic) bond motifs is 1. The van der Waals surface area contributed by atoms with Crippen LogP contribution in [0.5, 0.6) is 5.88 Å². The molecule has 1 N–H and O–H groups in total. The third-order valence-corrected chi connectivity index (χ3v) is 5.16. The highest BCUT2D eigenvalue weighted by atomic mass is 32.1. The van der Waals surface area contributed by atoms with Gasteiger partial charge in [-0.2, -0.15) is 0 Å². The zero-order valence-corrected chi connectivity index (χ0v) is 15.9. The molecule has 0 spiro atoms. The topological polar surface area (TPSA) is 81.9 Å². The molecule has 0 bridgehead atoms. The lowest BCUT2D eigenvalue weighted by atomic mass is 10.1. The highest BCUT2D eigenvalue weighted by Gasteiger charge is 2.18. The Balaban J connectivity index is 1.67. The number of aryl methyl sites for hydroxylation is 2. The summed E-state index contributed by atoms with van der Waals surface area (Å²) >= 11 is 1.52. The van der Waals surface area contributed by atoms with Crippen molar-refractivity contribution < 1.29 is 9.53 Å². The number of nitrogens with one attached hydrogen (secondary N) is 1. The standard InChI is InChI=1S/C19H17N5O2S/c1-11-6-7-12(18-22-14-5-4-8-20-19(14)27-18)9-15(11)21-16(25)13-10-24(2)23-17(13)26-3/h4-10H,1-3H3,(H,21,25). The fraction of sp³-hybridized carbons (Fsp3) is 0.158. The molecule has 8 heteroatoms. The number of aromatic nitrogens is 4. The van der Waals surface area contributed by atoms with Gasteiger partial charge in [0.05, 0.1) is 7.11 Å². The van der Waals surface area contributed by atoms with Crippen molar-refractivity contribution in [3.63, 3.8) is 0 Å². The van der Waals surface area contributed by atoms with E-state index in [1.165, 1.54) is 18.4 Å². The average molecular weight is 379 g/mol. The number of rotatable bonds is 4. The number of ether oxygens (including phenoxy) is 1. The molecule has 0 aliphatic carbocycles. The van der Waals surface area contributed by atoms with Crippen molar-refractivity contribution in [1.82, 2.24) is 19.7 Å². The monoisotopic (exact) mass is 379 g/mol. The summed E-state index contributed by atoms with van der Waals surface area (Å²) in [5.74, 6) is 0.0206. The zero-order chi connectivity index (χ0) is 19.0. The average Bonchev–Trinajstić information content (AvgIpc) is 3.26. The maximum Gasteiger partial charge on any atom is 0.262 e. The van der Waals surface area contributed by atoms with Crippen LogP contribution in [-0.2, 0) is 7.05 Å². The van der Waals surface area contributed by atoms with Crippen LogP contribution in [0.25, 0.3) is 20.9 Å². The second-order valence-corrected chi connectivity index (χ2v) is 7.03. The third kappa shape index (κ3) is 3.26. The summed E-state index contributed by atoms with van der Waals surface area (Å²) in [6, 6.07) is 9.69. The summed E-state index contributed by atoms with van der Waals surface area (Å²) in [6.07, 6.45) is 3.39. The largest absolute Gasteiger partial charge is 0.479 e. The van der Waals surface area contributed by atoms with E-state index in [0.717, 1.165) is 32.2 Å². The number of nitrogens with zero attached hydrogens (tertiary/aromatic N) is 4. The van der Waals surface area contributed by atoms with Crippen LogP contribution in [0.3, 0.4) is 0 Å². The van der Waals surface area contributed by atoms with Crippen molar-refractivity contribution in [3.05, 3.63) is 53.9 Å². The summed E-state index contributed by atoms with van der Waals surface area (Å²) in [5, 5.41) is 7.93. The molecule has 0 saturated carbocycles. The number of methoxy groups -OCH3 is 1. The van der Waals surface area contributed by atoms with Gasteiger partial charge in [0.1, 0.15) is 20.9 Å². The van der Waals surface area contributed by atoms with Crippen molar-refractivity contribution in [2.75, 3.05) is 12.4 Å². The number of anilines is 1. The molecule has 136 valence electrons. The predicted octanol–water partition coefficient (Wildman–Crippen LogP) is 3.66. The lowest BCUT2D eigenvalue weighted by molar-refractivity contribution is 0.102. The number of thiazole rings is 1. The van der Waals surface area contributed by atoms with E-state index in [1.807, 2.05) is 37.3 Å². The first-order valence-electron chi connectivity index (χ1n) is 8.26. The van der Waals surface area contributed by atoms with Gasteiger partial charge in [-0.15, -0.1) is 5.10 Å². The lowest BCUT2D eigenvalue weighted by Gasteiger charge is -2.09. The predicted molar refractivity (Wildman–Crippen MR) is 105 cm³/mol. The molecule has 0 unspecified atom stereocenters. The normalized spacial score (nSPS) is 10.9. The Hall–Kier alpha value is -3.26. The molecule has 0 aliphatic rings. The van der Waals surface area contributed by atoms with Crippen molar-refractivity contribution in [2.45, 2.75) is 6.92 Å². The molecule has 4 rings (SSSR count). The van der Waals surface area contributed by atoms with E-state index in [-0.39, 0.29) is 5.91 Å². The third-order valence-electron chi connectivity index (χ3n) is 4.13.